The first kappa shape index (κ1) is 30.1. The summed E-state index contributed by atoms with van der Waals surface area (Å²) in [4.78, 5) is 0. The van der Waals surface area contributed by atoms with Gasteiger partial charge in [-0.05, 0) is 100 Å². The Morgan fingerprint density at radius 1 is 0.291 bits per heavy atom. The molecule has 256 valence electrons. The van der Waals surface area contributed by atoms with E-state index in [0.717, 1.165) is 38.8 Å². The molecule has 0 aliphatic heterocycles. The molecule has 0 saturated heterocycles. The Balaban J connectivity index is 0.997. The van der Waals surface area contributed by atoms with Crippen molar-refractivity contribution in [3.8, 4) is 33.6 Å². The van der Waals surface area contributed by atoms with E-state index < -0.39 is 0 Å². The highest BCUT2D eigenvalue weighted by atomic mass is 16.3. The molecule has 0 spiro atoms. The fraction of sp³-hybridized carbons (Fsp3) is 0. The molecule has 12 aromatic rings. The standard InChI is InChI=1S/C52H32N2O/c1-2-15-39-33(11-1)12-10-21-46(39)54-48-20-7-4-17-41(48)45-31-36(25-28-50(45)54)35-24-27-49-44(30-35)40-16-3-6-19-47(40)53(49)38-14-9-13-34(29-38)37-23-26-43-42-18-5-8-22-51(42)55-52(43)32-37/h1-32H. The maximum atomic E-state index is 6.26. The van der Waals surface area contributed by atoms with Crippen LogP contribution in [-0.4, -0.2) is 9.13 Å². The van der Waals surface area contributed by atoms with Crippen molar-refractivity contribution in [1.29, 1.82) is 0 Å². The summed E-state index contributed by atoms with van der Waals surface area (Å²) in [6.07, 6.45) is 0. The summed E-state index contributed by atoms with van der Waals surface area (Å²) in [5, 5.41) is 9.76. The molecule has 0 radical (unpaired) electrons. The van der Waals surface area contributed by atoms with Crippen LogP contribution in [0.2, 0.25) is 0 Å². The second-order valence-electron chi connectivity index (χ2n) is 14.5. The first-order valence-electron chi connectivity index (χ1n) is 18.8. The van der Waals surface area contributed by atoms with Gasteiger partial charge in [0.05, 0.1) is 27.8 Å². The van der Waals surface area contributed by atoms with Crippen LogP contribution in [0, 0.1) is 0 Å². The molecular formula is C52H32N2O. The van der Waals surface area contributed by atoms with Crippen LogP contribution >= 0.6 is 0 Å². The Labute approximate surface area is 316 Å². The van der Waals surface area contributed by atoms with Gasteiger partial charge in [-0.15, -0.1) is 0 Å². The number of aromatic nitrogens is 2. The maximum Gasteiger partial charge on any atom is 0.136 e. The fourth-order valence-electron chi connectivity index (χ4n) is 8.98. The number of nitrogens with zero attached hydrogens (tertiary/aromatic N) is 2. The second-order valence-corrected chi connectivity index (χ2v) is 14.5. The minimum Gasteiger partial charge on any atom is -0.456 e. The molecule has 0 aliphatic rings. The second kappa shape index (κ2) is 11.6. The van der Waals surface area contributed by atoms with Gasteiger partial charge in [0.15, 0.2) is 0 Å². The third-order valence-electron chi connectivity index (χ3n) is 11.5. The Morgan fingerprint density at radius 2 is 0.818 bits per heavy atom. The molecule has 0 saturated carbocycles. The van der Waals surface area contributed by atoms with Crippen LogP contribution in [0.5, 0.6) is 0 Å². The van der Waals surface area contributed by atoms with Crippen LogP contribution < -0.4 is 0 Å². The van der Waals surface area contributed by atoms with E-state index in [1.165, 1.54) is 71.2 Å². The molecule has 0 fully saturated rings. The number of fused-ring (bicyclic) bond motifs is 10. The van der Waals surface area contributed by atoms with Crippen molar-refractivity contribution in [2.75, 3.05) is 0 Å². The molecule has 12 rings (SSSR count). The Hall–Kier alpha value is -7.36. The summed E-state index contributed by atoms with van der Waals surface area (Å²) >= 11 is 0. The van der Waals surface area contributed by atoms with Gasteiger partial charge in [0, 0.05) is 43.4 Å². The summed E-state index contributed by atoms with van der Waals surface area (Å²) in [5.41, 5.74) is 13.6. The number of hydrogen-bond acceptors (Lipinski definition) is 1. The van der Waals surface area contributed by atoms with Gasteiger partial charge in [-0.1, -0.05) is 121 Å². The molecule has 0 amide bonds. The summed E-state index contributed by atoms with van der Waals surface area (Å²) in [7, 11) is 0. The average molecular weight is 701 g/mol. The lowest BCUT2D eigenvalue weighted by Crippen LogP contribution is -1.95. The van der Waals surface area contributed by atoms with Gasteiger partial charge < -0.3 is 13.6 Å². The highest BCUT2D eigenvalue weighted by molar-refractivity contribution is 6.13. The predicted octanol–water partition coefficient (Wildman–Crippen LogP) is 14.3. The highest BCUT2D eigenvalue weighted by Gasteiger charge is 2.17. The first-order valence-corrected chi connectivity index (χ1v) is 18.8. The minimum atomic E-state index is 0.907. The van der Waals surface area contributed by atoms with E-state index in [1.807, 2.05) is 12.1 Å². The maximum absolute atomic E-state index is 6.26. The molecule has 3 heterocycles. The van der Waals surface area contributed by atoms with Gasteiger partial charge in [0.25, 0.3) is 0 Å². The Morgan fingerprint density at radius 3 is 1.60 bits per heavy atom. The molecule has 55 heavy (non-hydrogen) atoms. The Kier molecular flexibility index (Phi) is 6.34. The molecule has 3 heteroatoms. The van der Waals surface area contributed by atoms with Gasteiger partial charge in [0.2, 0.25) is 0 Å². The van der Waals surface area contributed by atoms with Crippen molar-refractivity contribution in [3.63, 3.8) is 0 Å². The van der Waals surface area contributed by atoms with Crippen molar-refractivity contribution in [3.05, 3.63) is 194 Å². The topological polar surface area (TPSA) is 23.0 Å². The van der Waals surface area contributed by atoms with Crippen LogP contribution in [0.25, 0.3) is 110 Å². The van der Waals surface area contributed by atoms with Gasteiger partial charge in [-0.3, -0.25) is 0 Å². The van der Waals surface area contributed by atoms with Crippen LogP contribution in [0.1, 0.15) is 0 Å². The summed E-state index contributed by atoms with van der Waals surface area (Å²) < 4.78 is 11.1. The van der Waals surface area contributed by atoms with Crippen molar-refractivity contribution in [2.45, 2.75) is 0 Å². The van der Waals surface area contributed by atoms with E-state index in [0.29, 0.717) is 0 Å². The monoisotopic (exact) mass is 700 g/mol. The lowest BCUT2D eigenvalue weighted by atomic mass is 10.0. The molecule has 0 atom stereocenters. The minimum absolute atomic E-state index is 0.907. The van der Waals surface area contributed by atoms with E-state index in [1.54, 1.807) is 0 Å². The number of benzene rings is 9. The van der Waals surface area contributed by atoms with Crippen molar-refractivity contribution < 1.29 is 4.42 Å². The van der Waals surface area contributed by atoms with Crippen molar-refractivity contribution in [1.82, 2.24) is 9.13 Å². The van der Waals surface area contributed by atoms with Crippen LogP contribution in [0.3, 0.4) is 0 Å². The molecule has 9 aromatic carbocycles. The SMILES string of the molecule is c1cc(-c2ccc3c(c2)oc2ccccc23)cc(-n2c3ccccc3c3cc(-c4ccc5c(c4)c4ccccc4n5-c4cccc5ccccc45)ccc32)c1. The van der Waals surface area contributed by atoms with E-state index in [-0.39, 0.29) is 0 Å². The van der Waals surface area contributed by atoms with E-state index >= 15 is 0 Å². The predicted molar refractivity (Wildman–Crippen MR) is 231 cm³/mol. The van der Waals surface area contributed by atoms with Crippen LogP contribution in [0.15, 0.2) is 199 Å². The van der Waals surface area contributed by atoms with Crippen LogP contribution in [0.4, 0.5) is 0 Å². The van der Waals surface area contributed by atoms with Gasteiger partial charge >= 0.3 is 0 Å². The molecule has 0 N–H and O–H groups in total. The van der Waals surface area contributed by atoms with E-state index in [9.17, 15) is 0 Å². The number of para-hydroxylation sites is 3. The largest absolute Gasteiger partial charge is 0.456 e. The Bertz CT molecular complexity index is 3500. The van der Waals surface area contributed by atoms with Gasteiger partial charge in [-0.2, -0.15) is 0 Å². The zero-order valence-electron chi connectivity index (χ0n) is 29.8. The molecule has 0 bridgehead atoms. The quantitative estimate of drug-likeness (QED) is 0.179. The van der Waals surface area contributed by atoms with E-state index in [2.05, 4.69) is 191 Å². The molecular weight excluding hydrogens is 669 g/mol. The summed E-state index contributed by atoms with van der Waals surface area (Å²) in [5.74, 6) is 0. The number of hydrogen-bond donors (Lipinski definition) is 0. The van der Waals surface area contributed by atoms with Crippen molar-refractivity contribution in [2.24, 2.45) is 0 Å². The number of rotatable bonds is 4. The number of furan rings is 1. The highest BCUT2D eigenvalue weighted by Crippen LogP contribution is 2.40. The van der Waals surface area contributed by atoms with E-state index in [4.69, 9.17) is 4.42 Å². The van der Waals surface area contributed by atoms with Crippen LogP contribution in [-0.2, 0) is 0 Å². The summed E-state index contributed by atoms with van der Waals surface area (Å²) in [6, 6.07) is 70.4. The third-order valence-corrected chi connectivity index (χ3v) is 11.5. The zero-order chi connectivity index (χ0) is 36.0. The lowest BCUT2D eigenvalue weighted by molar-refractivity contribution is 0.669. The van der Waals surface area contributed by atoms with Crippen molar-refractivity contribution >= 4 is 76.3 Å². The summed E-state index contributed by atoms with van der Waals surface area (Å²) in [6.45, 7) is 0. The molecule has 3 nitrogen and oxygen atoms in total. The molecule has 0 aliphatic carbocycles. The smallest absolute Gasteiger partial charge is 0.136 e. The zero-order valence-corrected chi connectivity index (χ0v) is 29.8. The van der Waals surface area contributed by atoms with Gasteiger partial charge in [-0.25, -0.2) is 0 Å². The average Bonchev–Trinajstić information content (AvgIpc) is 3.90. The molecule has 0 unspecified atom stereocenters. The molecule has 3 aromatic heterocycles. The lowest BCUT2D eigenvalue weighted by Gasteiger charge is -2.12. The first-order chi connectivity index (χ1) is 27.3. The van der Waals surface area contributed by atoms with Gasteiger partial charge in [0.1, 0.15) is 11.2 Å². The normalized spacial score (nSPS) is 12.0. The fourth-order valence-corrected chi connectivity index (χ4v) is 8.98. The third kappa shape index (κ3) is 4.50.